The third kappa shape index (κ3) is 3.55. The topological polar surface area (TPSA) is 49.8 Å². The Hall–Kier alpha value is -0.910. The number of nitrogens with zero attached hydrogens (tertiary/aromatic N) is 1. The summed E-state index contributed by atoms with van der Waals surface area (Å²) in [4.78, 5) is 14.8. The van der Waals surface area contributed by atoms with Gasteiger partial charge in [0.2, 0.25) is 0 Å². The Balaban J connectivity index is 2.10. The van der Waals surface area contributed by atoms with Crippen LogP contribution in [0.1, 0.15) is 40.9 Å². The molecule has 1 atom stereocenters. The van der Waals surface area contributed by atoms with E-state index < -0.39 is 5.97 Å². The molecule has 4 nitrogen and oxygen atoms in total. The number of carboxylic acid groups (broad SMARTS) is 1. The summed E-state index contributed by atoms with van der Waals surface area (Å²) in [6.07, 6.45) is 0.210. The summed E-state index contributed by atoms with van der Waals surface area (Å²) in [5, 5.41) is 9.03. The molecule has 0 bridgehead atoms. The molecule has 1 N–H and O–H groups in total. The lowest BCUT2D eigenvalue weighted by atomic mass is 10.0. The van der Waals surface area contributed by atoms with E-state index in [1.54, 1.807) is 6.07 Å². The Morgan fingerprint density at radius 1 is 1.63 bits per heavy atom. The minimum Gasteiger partial charge on any atom is -0.477 e. The summed E-state index contributed by atoms with van der Waals surface area (Å²) in [5.41, 5.74) is 0.976. The van der Waals surface area contributed by atoms with Crippen LogP contribution < -0.4 is 0 Å². The van der Waals surface area contributed by atoms with Crippen molar-refractivity contribution in [2.24, 2.45) is 0 Å². The van der Waals surface area contributed by atoms with E-state index in [0.29, 0.717) is 4.88 Å². The van der Waals surface area contributed by atoms with Crippen molar-refractivity contribution in [2.45, 2.75) is 45.9 Å². The monoisotopic (exact) mass is 283 g/mol. The smallest absolute Gasteiger partial charge is 0.345 e. The first-order valence-electron chi connectivity index (χ1n) is 6.49. The number of carbonyl (C=O) groups is 1. The van der Waals surface area contributed by atoms with Crippen molar-refractivity contribution in [1.29, 1.82) is 0 Å². The van der Waals surface area contributed by atoms with E-state index in [-0.39, 0.29) is 11.7 Å². The molecule has 1 aromatic rings. The Bertz CT molecular complexity index is 481. The second-order valence-corrected chi connectivity index (χ2v) is 7.11. The molecule has 0 aromatic carbocycles. The van der Waals surface area contributed by atoms with Crippen LogP contribution in [0.2, 0.25) is 0 Å². The number of thiophene rings is 1. The first-order valence-corrected chi connectivity index (χ1v) is 7.31. The van der Waals surface area contributed by atoms with Gasteiger partial charge in [0, 0.05) is 24.5 Å². The maximum atomic E-state index is 11.0. The van der Waals surface area contributed by atoms with Crippen LogP contribution in [0, 0.1) is 6.92 Å². The summed E-state index contributed by atoms with van der Waals surface area (Å²) < 4.78 is 5.88. The number of aryl methyl sites for hydroxylation is 1. The Kier molecular flexibility index (Phi) is 3.99. The average molecular weight is 283 g/mol. The molecular formula is C14H21NO3S. The van der Waals surface area contributed by atoms with Crippen molar-refractivity contribution in [2.75, 3.05) is 13.1 Å². The SMILES string of the molecule is Cc1sc(C(=O)O)cc1CN1CC(C)OC(C)(C)C1. The van der Waals surface area contributed by atoms with E-state index in [9.17, 15) is 4.79 Å². The highest BCUT2D eigenvalue weighted by molar-refractivity contribution is 7.14. The zero-order valence-corrected chi connectivity index (χ0v) is 12.7. The molecule has 0 aliphatic carbocycles. The molecule has 0 spiro atoms. The van der Waals surface area contributed by atoms with Gasteiger partial charge in [-0.25, -0.2) is 4.79 Å². The number of ether oxygens (including phenoxy) is 1. The molecule has 1 aliphatic heterocycles. The van der Waals surface area contributed by atoms with Gasteiger partial charge in [0.05, 0.1) is 11.7 Å². The van der Waals surface area contributed by atoms with Gasteiger partial charge in [-0.05, 0) is 39.3 Å². The van der Waals surface area contributed by atoms with E-state index in [0.717, 1.165) is 30.1 Å². The molecule has 0 radical (unpaired) electrons. The lowest BCUT2D eigenvalue weighted by Crippen LogP contribution is -2.51. The van der Waals surface area contributed by atoms with E-state index in [2.05, 4.69) is 25.7 Å². The van der Waals surface area contributed by atoms with Crippen LogP contribution >= 0.6 is 11.3 Å². The van der Waals surface area contributed by atoms with E-state index in [4.69, 9.17) is 9.84 Å². The van der Waals surface area contributed by atoms with E-state index in [1.165, 1.54) is 11.3 Å². The second kappa shape index (κ2) is 5.23. The average Bonchev–Trinajstić information content (AvgIpc) is 2.57. The van der Waals surface area contributed by atoms with Crippen LogP contribution in [0.4, 0.5) is 0 Å². The van der Waals surface area contributed by atoms with Crippen molar-refractivity contribution < 1.29 is 14.6 Å². The molecule has 1 fully saturated rings. The van der Waals surface area contributed by atoms with Crippen LogP contribution in [0.5, 0.6) is 0 Å². The molecule has 1 aliphatic rings. The van der Waals surface area contributed by atoms with Gasteiger partial charge in [-0.2, -0.15) is 0 Å². The van der Waals surface area contributed by atoms with Gasteiger partial charge < -0.3 is 9.84 Å². The van der Waals surface area contributed by atoms with Crippen molar-refractivity contribution in [3.63, 3.8) is 0 Å². The fraction of sp³-hybridized carbons (Fsp3) is 0.643. The van der Waals surface area contributed by atoms with Gasteiger partial charge >= 0.3 is 5.97 Å². The fourth-order valence-corrected chi connectivity index (χ4v) is 3.60. The lowest BCUT2D eigenvalue weighted by Gasteiger charge is -2.41. The number of aromatic carboxylic acids is 1. The summed E-state index contributed by atoms with van der Waals surface area (Å²) in [5.74, 6) is -0.838. The highest BCUT2D eigenvalue weighted by Gasteiger charge is 2.31. The molecule has 1 saturated heterocycles. The van der Waals surface area contributed by atoms with Crippen LogP contribution in [0.25, 0.3) is 0 Å². The first kappa shape index (κ1) is 14.5. The third-order valence-electron chi connectivity index (χ3n) is 3.27. The van der Waals surface area contributed by atoms with Crippen LogP contribution in [0.15, 0.2) is 6.07 Å². The molecule has 5 heteroatoms. The summed E-state index contributed by atoms with van der Waals surface area (Å²) in [6.45, 7) is 10.8. The minimum atomic E-state index is -0.838. The van der Waals surface area contributed by atoms with Gasteiger partial charge in [0.25, 0.3) is 0 Å². The Labute approximate surface area is 118 Å². The third-order valence-corrected chi connectivity index (χ3v) is 4.35. The Morgan fingerprint density at radius 2 is 2.32 bits per heavy atom. The molecular weight excluding hydrogens is 262 g/mol. The molecule has 2 rings (SSSR count). The maximum Gasteiger partial charge on any atom is 0.345 e. The highest BCUT2D eigenvalue weighted by atomic mass is 32.1. The summed E-state index contributed by atoms with van der Waals surface area (Å²) in [6, 6.07) is 1.80. The number of carboxylic acids is 1. The van der Waals surface area contributed by atoms with Crippen molar-refractivity contribution in [3.8, 4) is 0 Å². The normalized spacial score (nSPS) is 23.5. The van der Waals surface area contributed by atoms with Gasteiger partial charge in [-0.3, -0.25) is 4.90 Å². The van der Waals surface area contributed by atoms with E-state index >= 15 is 0 Å². The lowest BCUT2D eigenvalue weighted by molar-refractivity contribution is -0.130. The van der Waals surface area contributed by atoms with Gasteiger partial charge in [-0.1, -0.05) is 0 Å². The molecule has 0 saturated carbocycles. The van der Waals surface area contributed by atoms with Crippen molar-refractivity contribution in [3.05, 3.63) is 21.4 Å². The largest absolute Gasteiger partial charge is 0.477 e. The van der Waals surface area contributed by atoms with Gasteiger partial charge in [0.15, 0.2) is 0 Å². The predicted octanol–water partition coefficient (Wildman–Crippen LogP) is 2.75. The van der Waals surface area contributed by atoms with Gasteiger partial charge in [-0.15, -0.1) is 11.3 Å². The first-order chi connectivity index (χ1) is 8.77. The number of morpholine rings is 1. The molecule has 19 heavy (non-hydrogen) atoms. The molecule has 1 unspecified atom stereocenters. The zero-order chi connectivity index (χ0) is 14.2. The standard InChI is InChI=1S/C14H21NO3S/c1-9-6-15(8-14(3,4)18-9)7-11-5-12(13(16)17)19-10(11)2/h5,9H,6-8H2,1-4H3,(H,16,17). The number of hydrogen-bond acceptors (Lipinski definition) is 4. The minimum absolute atomic E-state index is 0.142. The quantitative estimate of drug-likeness (QED) is 0.926. The summed E-state index contributed by atoms with van der Waals surface area (Å²) in [7, 11) is 0. The van der Waals surface area contributed by atoms with E-state index in [1.807, 2.05) is 6.92 Å². The Morgan fingerprint density at radius 3 is 2.84 bits per heavy atom. The predicted molar refractivity (Wildman–Crippen MR) is 75.9 cm³/mol. The van der Waals surface area contributed by atoms with Crippen LogP contribution in [-0.4, -0.2) is 40.8 Å². The van der Waals surface area contributed by atoms with Crippen LogP contribution in [-0.2, 0) is 11.3 Å². The maximum absolute atomic E-state index is 11.0. The molecule has 106 valence electrons. The van der Waals surface area contributed by atoms with Crippen LogP contribution in [0.3, 0.4) is 0 Å². The van der Waals surface area contributed by atoms with Crippen molar-refractivity contribution >= 4 is 17.3 Å². The van der Waals surface area contributed by atoms with Crippen molar-refractivity contribution in [1.82, 2.24) is 4.90 Å². The fourth-order valence-electron chi connectivity index (χ4n) is 2.73. The molecule has 0 amide bonds. The number of hydrogen-bond donors (Lipinski definition) is 1. The number of rotatable bonds is 3. The second-order valence-electron chi connectivity index (χ2n) is 5.86. The summed E-state index contributed by atoms with van der Waals surface area (Å²) >= 11 is 1.35. The van der Waals surface area contributed by atoms with Gasteiger partial charge in [0.1, 0.15) is 4.88 Å². The zero-order valence-electron chi connectivity index (χ0n) is 11.9. The highest BCUT2D eigenvalue weighted by Crippen LogP contribution is 2.26. The molecule has 2 heterocycles. The molecule has 1 aromatic heterocycles.